The van der Waals surface area contributed by atoms with Gasteiger partial charge in [0.2, 0.25) is 0 Å². The Hall–Kier alpha value is -2.13. The molecule has 1 aromatic heterocycles. The van der Waals surface area contributed by atoms with Gasteiger partial charge in [0.1, 0.15) is 30.2 Å². The third-order valence-electron chi connectivity index (χ3n) is 5.98. The summed E-state index contributed by atoms with van der Waals surface area (Å²) in [7, 11) is 0. The molecule has 1 aliphatic rings. The summed E-state index contributed by atoms with van der Waals surface area (Å²) < 4.78 is 19.1. The van der Waals surface area contributed by atoms with Crippen molar-refractivity contribution in [3.8, 4) is 10.4 Å². The number of rotatable bonds is 6. The molecule has 1 saturated heterocycles. The molecule has 0 amide bonds. The van der Waals surface area contributed by atoms with E-state index in [-0.39, 0.29) is 18.8 Å². The molecule has 1 fully saturated rings. The molecule has 4 N–H and O–H groups in total. The summed E-state index contributed by atoms with van der Waals surface area (Å²) in [5, 5.41) is 40.2. The highest BCUT2D eigenvalue weighted by Gasteiger charge is 2.43. The highest BCUT2D eigenvalue weighted by molar-refractivity contribution is 7.15. The first kappa shape index (κ1) is 23.0. The van der Waals surface area contributed by atoms with Crippen LogP contribution in [0.25, 0.3) is 10.4 Å². The Morgan fingerprint density at radius 1 is 0.938 bits per heavy atom. The van der Waals surface area contributed by atoms with Crippen LogP contribution in [0.2, 0.25) is 0 Å². The third kappa shape index (κ3) is 4.78. The van der Waals surface area contributed by atoms with Crippen molar-refractivity contribution in [2.45, 2.75) is 50.3 Å². The number of halogens is 1. The molecular weight excluding hydrogens is 431 g/mol. The molecule has 1 aliphatic heterocycles. The molecule has 170 valence electrons. The predicted molar refractivity (Wildman–Crippen MR) is 121 cm³/mol. The smallest absolute Gasteiger partial charge is 0.123 e. The van der Waals surface area contributed by atoms with E-state index in [1.807, 2.05) is 31.2 Å². The van der Waals surface area contributed by atoms with Crippen LogP contribution in [0.5, 0.6) is 0 Å². The van der Waals surface area contributed by atoms with Gasteiger partial charge in [-0.25, -0.2) is 4.39 Å². The molecule has 0 saturated carbocycles. The van der Waals surface area contributed by atoms with E-state index in [1.54, 1.807) is 23.5 Å². The Labute approximate surface area is 190 Å². The minimum atomic E-state index is -1.36. The van der Waals surface area contributed by atoms with Crippen molar-refractivity contribution in [1.29, 1.82) is 0 Å². The summed E-state index contributed by atoms with van der Waals surface area (Å²) >= 11 is 1.64. The normalized spacial score (nSPS) is 25.8. The monoisotopic (exact) mass is 458 g/mol. The van der Waals surface area contributed by atoms with E-state index in [4.69, 9.17) is 4.74 Å². The predicted octanol–water partition coefficient (Wildman–Crippen LogP) is 3.36. The molecule has 7 heteroatoms. The largest absolute Gasteiger partial charge is 0.396 e. The van der Waals surface area contributed by atoms with Crippen molar-refractivity contribution >= 4 is 11.3 Å². The lowest BCUT2D eigenvalue weighted by molar-refractivity contribution is -0.227. The fourth-order valence-electron chi connectivity index (χ4n) is 4.08. The van der Waals surface area contributed by atoms with E-state index in [9.17, 15) is 24.8 Å². The number of aliphatic hydroxyl groups excluding tert-OH is 4. The van der Waals surface area contributed by atoms with Crippen molar-refractivity contribution in [2.24, 2.45) is 0 Å². The lowest BCUT2D eigenvalue weighted by Crippen LogP contribution is -2.54. The quantitative estimate of drug-likeness (QED) is 0.455. The molecule has 32 heavy (non-hydrogen) atoms. The lowest BCUT2D eigenvalue weighted by Gasteiger charge is -2.41. The van der Waals surface area contributed by atoms with Gasteiger partial charge in [-0.1, -0.05) is 30.3 Å². The van der Waals surface area contributed by atoms with Gasteiger partial charge in [-0.15, -0.1) is 11.3 Å². The highest BCUT2D eigenvalue weighted by atomic mass is 32.1. The van der Waals surface area contributed by atoms with Crippen LogP contribution in [0.1, 0.15) is 34.1 Å². The second-order valence-electron chi connectivity index (χ2n) is 8.21. The van der Waals surface area contributed by atoms with E-state index < -0.39 is 30.5 Å². The Balaban J connectivity index is 1.56. The van der Waals surface area contributed by atoms with Crippen LogP contribution < -0.4 is 0 Å². The first-order valence-electron chi connectivity index (χ1n) is 10.6. The fraction of sp³-hybridized carbons (Fsp3) is 0.360. The lowest BCUT2D eigenvalue weighted by atomic mass is 9.88. The molecule has 2 heterocycles. The highest BCUT2D eigenvalue weighted by Crippen LogP contribution is 2.35. The summed E-state index contributed by atoms with van der Waals surface area (Å²) in [4.78, 5) is 2.20. The van der Waals surface area contributed by atoms with Crippen LogP contribution >= 0.6 is 11.3 Å². The summed E-state index contributed by atoms with van der Waals surface area (Å²) in [5.41, 5.74) is 3.82. The first-order chi connectivity index (χ1) is 15.4. The maximum Gasteiger partial charge on any atom is 0.123 e. The number of benzene rings is 2. The summed E-state index contributed by atoms with van der Waals surface area (Å²) in [6.07, 6.45) is -4.60. The van der Waals surface area contributed by atoms with E-state index in [2.05, 4.69) is 6.07 Å². The molecule has 2 aromatic carbocycles. The topological polar surface area (TPSA) is 90.2 Å². The van der Waals surface area contributed by atoms with Gasteiger partial charge in [-0.05, 0) is 59.9 Å². The Bertz CT molecular complexity index is 1050. The molecule has 4 rings (SSSR count). The summed E-state index contributed by atoms with van der Waals surface area (Å²) in [5.74, 6) is -0.260. The van der Waals surface area contributed by atoms with Crippen LogP contribution in [-0.2, 0) is 11.2 Å². The van der Waals surface area contributed by atoms with Crippen LogP contribution in [0.15, 0.2) is 54.6 Å². The molecule has 0 spiro atoms. The average molecular weight is 459 g/mol. The van der Waals surface area contributed by atoms with Gasteiger partial charge in [0.25, 0.3) is 0 Å². The molecule has 5 atom stereocenters. The van der Waals surface area contributed by atoms with Crippen molar-refractivity contribution in [3.63, 3.8) is 0 Å². The summed E-state index contributed by atoms with van der Waals surface area (Å²) in [6.45, 7) is 1.82. The molecular formula is C25H27FO5S. The van der Waals surface area contributed by atoms with E-state index in [0.29, 0.717) is 12.0 Å². The number of thiophene rings is 1. The zero-order valence-electron chi connectivity index (χ0n) is 17.7. The fourth-order valence-corrected chi connectivity index (χ4v) is 5.12. The standard InChI is InChI=1S/C25H27FO5S/c1-14-2-3-16(25-24(30)23(29)22(28)20(31-25)10-11-27)12-17(14)13-19-8-9-21(32-19)15-4-6-18(26)7-5-15/h2-9,12,20,22-25,27-30H,10-11,13H2,1H3/t20-,22-,23-,24-,25+/m1/s1. The maximum absolute atomic E-state index is 13.2. The molecule has 0 aliphatic carbocycles. The average Bonchev–Trinajstić information content (AvgIpc) is 3.25. The van der Waals surface area contributed by atoms with Crippen LogP contribution in [0.4, 0.5) is 4.39 Å². The van der Waals surface area contributed by atoms with E-state index >= 15 is 0 Å². The minimum Gasteiger partial charge on any atom is -0.396 e. The molecule has 3 aromatic rings. The molecule has 5 nitrogen and oxygen atoms in total. The third-order valence-corrected chi connectivity index (χ3v) is 7.12. The first-order valence-corrected chi connectivity index (χ1v) is 11.4. The maximum atomic E-state index is 13.2. The molecule has 0 unspecified atom stereocenters. The van der Waals surface area contributed by atoms with Crippen molar-refractivity contribution in [3.05, 3.63) is 82.0 Å². The minimum absolute atomic E-state index is 0.168. The number of ether oxygens (including phenoxy) is 1. The van der Waals surface area contributed by atoms with Crippen LogP contribution in [0, 0.1) is 12.7 Å². The Morgan fingerprint density at radius 2 is 1.69 bits per heavy atom. The van der Waals surface area contributed by atoms with Gasteiger partial charge in [0.15, 0.2) is 0 Å². The molecule has 0 radical (unpaired) electrons. The van der Waals surface area contributed by atoms with Gasteiger partial charge < -0.3 is 25.2 Å². The van der Waals surface area contributed by atoms with Gasteiger partial charge in [-0.2, -0.15) is 0 Å². The van der Waals surface area contributed by atoms with E-state index in [1.165, 1.54) is 12.1 Å². The van der Waals surface area contributed by atoms with Crippen molar-refractivity contribution in [2.75, 3.05) is 6.61 Å². The van der Waals surface area contributed by atoms with Crippen molar-refractivity contribution < 1.29 is 29.6 Å². The number of aryl methyl sites for hydroxylation is 1. The van der Waals surface area contributed by atoms with Crippen LogP contribution in [0.3, 0.4) is 0 Å². The second-order valence-corrected chi connectivity index (χ2v) is 9.38. The van der Waals surface area contributed by atoms with Gasteiger partial charge >= 0.3 is 0 Å². The number of aliphatic hydroxyl groups is 4. The van der Waals surface area contributed by atoms with Crippen molar-refractivity contribution in [1.82, 2.24) is 0 Å². The van der Waals surface area contributed by atoms with Gasteiger partial charge in [0.05, 0.1) is 6.10 Å². The second kappa shape index (κ2) is 9.79. The Morgan fingerprint density at radius 3 is 2.41 bits per heavy atom. The van der Waals surface area contributed by atoms with Crippen LogP contribution in [-0.4, -0.2) is 51.4 Å². The SMILES string of the molecule is Cc1ccc([C@@H]2O[C@H](CCO)[C@@H](O)[C@@H](O)[C@H]2O)cc1Cc1ccc(-c2ccc(F)cc2)s1. The number of hydrogen-bond donors (Lipinski definition) is 4. The zero-order valence-corrected chi connectivity index (χ0v) is 18.5. The van der Waals surface area contributed by atoms with E-state index in [0.717, 1.165) is 26.4 Å². The van der Waals surface area contributed by atoms with Gasteiger partial charge in [0, 0.05) is 22.8 Å². The van der Waals surface area contributed by atoms with Gasteiger partial charge in [-0.3, -0.25) is 0 Å². The Kier molecular flexibility index (Phi) is 7.05. The summed E-state index contributed by atoms with van der Waals surface area (Å²) in [6, 6.07) is 16.3. The molecule has 0 bridgehead atoms. The number of hydrogen-bond acceptors (Lipinski definition) is 6. The zero-order chi connectivity index (χ0) is 22.8.